The maximum atomic E-state index is 12.7. The van der Waals surface area contributed by atoms with Gasteiger partial charge in [0.1, 0.15) is 5.69 Å². The van der Waals surface area contributed by atoms with Gasteiger partial charge in [-0.1, -0.05) is 5.21 Å². The quantitative estimate of drug-likeness (QED) is 0.896. The highest BCUT2D eigenvalue weighted by Gasteiger charge is 2.33. The number of alkyl halides is 3. The monoisotopic (exact) mass is 342 g/mol. The Bertz CT molecular complexity index is 696. The third kappa shape index (κ3) is 3.99. The van der Waals surface area contributed by atoms with Gasteiger partial charge in [-0.3, -0.25) is 0 Å². The third-order valence-electron chi connectivity index (χ3n) is 3.65. The Hall–Kier alpha value is -2.23. The number of halogens is 3. The summed E-state index contributed by atoms with van der Waals surface area (Å²) in [5.41, 5.74) is 0.0507. The number of rotatable bonds is 5. The van der Waals surface area contributed by atoms with Crippen molar-refractivity contribution < 1.29 is 17.9 Å². The highest BCUT2D eigenvalue weighted by molar-refractivity contribution is 5.29. The topological polar surface area (TPSA) is 77.8 Å². The number of aryl methyl sites for hydroxylation is 1. The highest BCUT2D eigenvalue weighted by atomic mass is 19.4. The van der Waals surface area contributed by atoms with Crippen LogP contribution in [-0.2, 0) is 17.3 Å². The molecule has 1 aliphatic heterocycles. The molecule has 0 aromatic carbocycles. The van der Waals surface area contributed by atoms with Crippen LogP contribution in [0, 0.1) is 6.92 Å². The Labute approximate surface area is 136 Å². The van der Waals surface area contributed by atoms with Gasteiger partial charge in [0, 0.05) is 31.5 Å². The van der Waals surface area contributed by atoms with Gasteiger partial charge < -0.3 is 10.1 Å². The lowest BCUT2D eigenvalue weighted by atomic mass is 10.2. The molecule has 0 amide bonds. The van der Waals surface area contributed by atoms with Gasteiger partial charge in [-0.05, 0) is 19.4 Å². The second-order valence-electron chi connectivity index (χ2n) is 5.60. The van der Waals surface area contributed by atoms with Crippen molar-refractivity contribution in [2.24, 2.45) is 0 Å². The van der Waals surface area contributed by atoms with Crippen molar-refractivity contribution in [2.45, 2.75) is 32.0 Å². The van der Waals surface area contributed by atoms with Gasteiger partial charge >= 0.3 is 6.18 Å². The van der Waals surface area contributed by atoms with Crippen molar-refractivity contribution >= 4 is 5.95 Å². The molecule has 0 spiro atoms. The Morgan fingerprint density at radius 1 is 1.38 bits per heavy atom. The van der Waals surface area contributed by atoms with E-state index in [4.69, 9.17) is 4.74 Å². The molecular formula is C14H17F3N6O. The van der Waals surface area contributed by atoms with E-state index in [1.54, 1.807) is 4.68 Å². The molecule has 3 rings (SSSR count). The summed E-state index contributed by atoms with van der Waals surface area (Å²) in [6.07, 6.45) is -1.25. The highest BCUT2D eigenvalue weighted by Crippen LogP contribution is 2.28. The zero-order valence-electron chi connectivity index (χ0n) is 13.0. The molecule has 1 saturated heterocycles. The molecule has 1 N–H and O–H groups in total. The summed E-state index contributed by atoms with van der Waals surface area (Å²) in [6.45, 7) is 3.20. The molecule has 130 valence electrons. The van der Waals surface area contributed by atoms with Crippen LogP contribution in [0.4, 0.5) is 19.1 Å². The van der Waals surface area contributed by atoms with Crippen molar-refractivity contribution in [1.82, 2.24) is 25.0 Å². The van der Waals surface area contributed by atoms with Crippen molar-refractivity contribution in [2.75, 3.05) is 25.1 Å². The molecule has 2 aromatic heterocycles. The Morgan fingerprint density at radius 2 is 2.21 bits per heavy atom. The Kier molecular flexibility index (Phi) is 4.65. The number of nitrogens with zero attached hydrogens (tertiary/aromatic N) is 5. The summed E-state index contributed by atoms with van der Waals surface area (Å²) in [4.78, 5) is 7.47. The molecule has 2 aromatic rings. The van der Waals surface area contributed by atoms with E-state index in [1.807, 2.05) is 6.20 Å². The molecule has 10 heteroatoms. The first-order valence-corrected chi connectivity index (χ1v) is 7.57. The lowest BCUT2D eigenvalue weighted by Gasteiger charge is -2.09. The number of nitrogens with one attached hydrogen (secondary N) is 1. The van der Waals surface area contributed by atoms with E-state index in [2.05, 4.69) is 25.6 Å². The number of ether oxygens (including phenoxy) is 1. The second-order valence-corrected chi connectivity index (χ2v) is 5.60. The van der Waals surface area contributed by atoms with Crippen LogP contribution in [0.15, 0.2) is 12.3 Å². The summed E-state index contributed by atoms with van der Waals surface area (Å²) in [6, 6.07) is 1.12. The van der Waals surface area contributed by atoms with Gasteiger partial charge in [0.05, 0.1) is 18.3 Å². The minimum absolute atomic E-state index is 0.0427. The summed E-state index contributed by atoms with van der Waals surface area (Å²) < 4.78 is 45.3. The fourth-order valence-corrected chi connectivity index (χ4v) is 2.43. The van der Waals surface area contributed by atoms with Gasteiger partial charge in [-0.2, -0.15) is 13.2 Å². The summed E-state index contributed by atoms with van der Waals surface area (Å²) in [7, 11) is 0. The van der Waals surface area contributed by atoms with Crippen LogP contribution < -0.4 is 5.32 Å². The van der Waals surface area contributed by atoms with Crippen molar-refractivity contribution in [3.8, 4) is 0 Å². The first kappa shape index (κ1) is 16.6. The van der Waals surface area contributed by atoms with Crippen molar-refractivity contribution in [3.63, 3.8) is 0 Å². The molecule has 1 atom stereocenters. The molecule has 0 bridgehead atoms. The smallest absolute Gasteiger partial charge is 0.379 e. The molecule has 7 nitrogen and oxygen atoms in total. The van der Waals surface area contributed by atoms with Crippen LogP contribution in [0.2, 0.25) is 0 Å². The number of hydrogen-bond acceptors (Lipinski definition) is 6. The van der Waals surface area contributed by atoms with Gasteiger partial charge in [-0.15, -0.1) is 5.10 Å². The largest absolute Gasteiger partial charge is 0.433 e. The first-order chi connectivity index (χ1) is 11.4. The molecule has 1 unspecified atom stereocenters. The predicted molar refractivity (Wildman–Crippen MR) is 78.5 cm³/mol. The SMILES string of the molecule is Cc1cc(C(F)(F)F)nc(NCCc2cn(C3CCOC3)nn2)n1. The molecule has 0 saturated carbocycles. The van der Waals surface area contributed by atoms with E-state index in [9.17, 15) is 13.2 Å². The molecule has 24 heavy (non-hydrogen) atoms. The van der Waals surface area contributed by atoms with E-state index >= 15 is 0 Å². The van der Waals surface area contributed by atoms with Crippen LogP contribution in [0.5, 0.6) is 0 Å². The second kappa shape index (κ2) is 6.71. The van der Waals surface area contributed by atoms with Crippen LogP contribution in [0.3, 0.4) is 0 Å². The van der Waals surface area contributed by atoms with Crippen LogP contribution >= 0.6 is 0 Å². The fourth-order valence-electron chi connectivity index (χ4n) is 2.43. The van der Waals surface area contributed by atoms with E-state index in [-0.39, 0.29) is 17.7 Å². The van der Waals surface area contributed by atoms with Gasteiger partial charge in [0.25, 0.3) is 0 Å². The Morgan fingerprint density at radius 3 is 2.92 bits per heavy atom. The van der Waals surface area contributed by atoms with E-state index in [0.717, 1.165) is 18.2 Å². The normalized spacial score (nSPS) is 18.1. The fraction of sp³-hybridized carbons (Fsp3) is 0.571. The van der Waals surface area contributed by atoms with E-state index in [1.165, 1.54) is 6.92 Å². The van der Waals surface area contributed by atoms with E-state index < -0.39 is 11.9 Å². The summed E-state index contributed by atoms with van der Waals surface area (Å²) in [5, 5.41) is 10.9. The molecule has 1 aliphatic rings. The zero-order valence-corrected chi connectivity index (χ0v) is 13.0. The molecule has 1 fully saturated rings. The summed E-state index contributed by atoms with van der Waals surface area (Å²) in [5.74, 6) is -0.0427. The minimum Gasteiger partial charge on any atom is -0.379 e. The van der Waals surface area contributed by atoms with Crippen LogP contribution in [0.1, 0.15) is 29.5 Å². The minimum atomic E-state index is -4.49. The van der Waals surface area contributed by atoms with Gasteiger partial charge in [0.15, 0.2) is 0 Å². The lowest BCUT2D eigenvalue weighted by molar-refractivity contribution is -0.141. The summed E-state index contributed by atoms with van der Waals surface area (Å²) >= 11 is 0. The zero-order chi connectivity index (χ0) is 17.2. The average molecular weight is 342 g/mol. The molecular weight excluding hydrogens is 325 g/mol. The molecule has 3 heterocycles. The molecule has 0 aliphatic carbocycles. The average Bonchev–Trinajstić information content (AvgIpc) is 3.16. The number of anilines is 1. The van der Waals surface area contributed by atoms with E-state index in [0.29, 0.717) is 26.2 Å². The first-order valence-electron chi connectivity index (χ1n) is 7.57. The standard InChI is InChI=1S/C14H17F3N6O/c1-9-6-12(14(15,16)17)20-13(19-9)18-4-2-10-7-23(22-21-10)11-3-5-24-8-11/h6-7,11H,2-5,8H2,1H3,(H,18,19,20). The number of aromatic nitrogens is 5. The Balaban J connectivity index is 1.57. The van der Waals surface area contributed by atoms with Crippen LogP contribution in [-0.4, -0.2) is 44.7 Å². The molecule has 0 radical (unpaired) electrons. The maximum absolute atomic E-state index is 12.7. The van der Waals surface area contributed by atoms with Gasteiger partial charge in [-0.25, -0.2) is 14.6 Å². The van der Waals surface area contributed by atoms with Gasteiger partial charge in [0.2, 0.25) is 5.95 Å². The maximum Gasteiger partial charge on any atom is 0.433 e. The third-order valence-corrected chi connectivity index (χ3v) is 3.65. The van der Waals surface area contributed by atoms with Crippen molar-refractivity contribution in [1.29, 1.82) is 0 Å². The van der Waals surface area contributed by atoms with Crippen molar-refractivity contribution in [3.05, 3.63) is 29.3 Å². The number of hydrogen-bond donors (Lipinski definition) is 1. The lowest BCUT2D eigenvalue weighted by Crippen LogP contribution is -2.14. The predicted octanol–water partition coefficient (Wildman–Crippen LogP) is 2.01. The van der Waals surface area contributed by atoms with Crippen LogP contribution in [0.25, 0.3) is 0 Å².